The van der Waals surface area contributed by atoms with E-state index in [1.165, 1.54) is 13.8 Å². The van der Waals surface area contributed by atoms with Crippen LogP contribution in [-0.2, 0) is 20.8 Å². The minimum Gasteiger partial charge on any atom is -0.326 e. The molecular formula is C21H25N3O3. The Hall–Kier alpha value is -3.15. The normalized spacial score (nSPS) is 10.2. The van der Waals surface area contributed by atoms with E-state index in [9.17, 15) is 14.4 Å². The van der Waals surface area contributed by atoms with Gasteiger partial charge in [-0.2, -0.15) is 0 Å². The highest BCUT2D eigenvalue weighted by atomic mass is 16.2. The zero-order valence-electron chi connectivity index (χ0n) is 15.9. The molecule has 2 N–H and O–H groups in total. The van der Waals surface area contributed by atoms with Crippen LogP contribution in [-0.4, -0.2) is 24.3 Å². The summed E-state index contributed by atoms with van der Waals surface area (Å²) in [5, 5.41) is 5.60. The van der Waals surface area contributed by atoms with Gasteiger partial charge in [-0.15, -0.1) is 0 Å². The molecule has 0 heterocycles. The predicted molar refractivity (Wildman–Crippen MR) is 108 cm³/mol. The van der Waals surface area contributed by atoms with Crippen molar-refractivity contribution in [1.29, 1.82) is 0 Å². The molecule has 0 bridgehead atoms. The second-order valence-electron chi connectivity index (χ2n) is 6.21. The van der Waals surface area contributed by atoms with Gasteiger partial charge in [0.15, 0.2) is 0 Å². The van der Waals surface area contributed by atoms with E-state index >= 15 is 0 Å². The molecular weight excluding hydrogens is 342 g/mol. The number of nitrogens with zero attached hydrogens (tertiary/aromatic N) is 1. The van der Waals surface area contributed by atoms with Crippen LogP contribution in [0.25, 0.3) is 0 Å². The van der Waals surface area contributed by atoms with Gasteiger partial charge in [-0.05, 0) is 42.3 Å². The Morgan fingerprint density at radius 1 is 0.926 bits per heavy atom. The number of benzene rings is 2. The lowest BCUT2D eigenvalue weighted by atomic mass is 10.1. The van der Waals surface area contributed by atoms with Crippen molar-refractivity contribution in [1.82, 2.24) is 0 Å². The largest absolute Gasteiger partial charge is 0.326 e. The third-order valence-electron chi connectivity index (χ3n) is 4.11. The highest BCUT2D eigenvalue weighted by molar-refractivity contribution is 5.95. The number of hydrogen-bond acceptors (Lipinski definition) is 3. The van der Waals surface area contributed by atoms with Gasteiger partial charge in [-0.3, -0.25) is 14.4 Å². The average Bonchev–Trinajstić information content (AvgIpc) is 2.63. The molecule has 0 radical (unpaired) electrons. The molecule has 3 amide bonds. The summed E-state index contributed by atoms with van der Waals surface area (Å²) in [6, 6.07) is 14.6. The van der Waals surface area contributed by atoms with Crippen LogP contribution in [0.1, 0.15) is 32.8 Å². The van der Waals surface area contributed by atoms with E-state index in [4.69, 9.17) is 0 Å². The van der Waals surface area contributed by atoms with Crippen LogP contribution in [0.4, 0.5) is 17.1 Å². The first kappa shape index (κ1) is 20.2. The fourth-order valence-electron chi connectivity index (χ4n) is 2.77. The Morgan fingerprint density at radius 2 is 1.59 bits per heavy atom. The summed E-state index contributed by atoms with van der Waals surface area (Å²) in [5.74, 6) is -0.448. The van der Waals surface area contributed by atoms with Crippen LogP contribution in [0, 0.1) is 0 Å². The highest BCUT2D eigenvalue weighted by Gasteiger charge is 2.14. The van der Waals surface area contributed by atoms with E-state index in [-0.39, 0.29) is 30.7 Å². The molecule has 2 rings (SSSR count). The first-order valence-electron chi connectivity index (χ1n) is 8.94. The average molecular weight is 367 g/mol. The van der Waals surface area contributed by atoms with E-state index in [1.54, 1.807) is 29.2 Å². The number of para-hydroxylation sites is 1. The van der Waals surface area contributed by atoms with Gasteiger partial charge in [-0.25, -0.2) is 0 Å². The summed E-state index contributed by atoms with van der Waals surface area (Å²) < 4.78 is 0. The van der Waals surface area contributed by atoms with E-state index in [0.717, 1.165) is 17.7 Å². The first-order valence-corrected chi connectivity index (χ1v) is 8.94. The number of carbonyl (C=O) groups excluding carboxylic acids is 3. The molecule has 2 aromatic rings. The number of carbonyl (C=O) groups is 3. The number of rotatable bonds is 7. The van der Waals surface area contributed by atoms with Crippen molar-refractivity contribution in [3.8, 4) is 0 Å². The Kier molecular flexibility index (Phi) is 7.11. The Labute approximate surface area is 159 Å². The minimum absolute atomic E-state index is 0.142. The summed E-state index contributed by atoms with van der Waals surface area (Å²) in [7, 11) is 0. The minimum atomic E-state index is -0.157. The van der Waals surface area contributed by atoms with Crippen LogP contribution < -0.4 is 15.5 Å². The van der Waals surface area contributed by atoms with Crippen molar-refractivity contribution in [2.24, 2.45) is 0 Å². The lowest BCUT2D eigenvalue weighted by molar-refractivity contribution is -0.117. The molecule has 6 nitrogen and oxygen atoms in total. The predicted octanol–water partition coefficient (Wildman–Crippen LogP) is 3.59. The highest BCUT2D eigenvalue weighted by Crippen LogP contribution is 2.19. The number of amides is 3. The van der Waals surface area contributed by atoms with Crippen molar-refractivity contribution >= 4 is 34.8 Å². The molecule has 0 saturated carbocycles. The second-order valence-corrected chi connectivity index (χ2v) is 6.21. The van der Waals surface area contributed by atoms with Crippen molar-refractivity contribution < 1.29 is 14.4 Å². The molecule has 6 heteroatoms. The maximum Gasteiger partial charge on any atom is 0.226 e. The van der Waals surface area contributed by atoms with Gasteiger partial charge in [-0.1, -0.05) is 25.1 Å². The zero-order valence-corrected chi connectivity index (χ0v) is 15.9. The summed E-state index contributed by atoms with van der Waals surface area (Å²) in [4.78, 5) is 37.0. The topological polar surface area (TPSA) is 78.5 Å². The third-order valence-corrected chi connectivity index (χ3v) is 4.11. The van der Waals surface area contributed by atoms with Crippen LogP contribution in [0.15, 0.2) is 48.5 Å². The van der Waals surface area contributed by atoms with E-state index in [2.05, 4.69) is 10.6 Å². The number of hydrogen-bond donors (Lipinski definition) is 2. The molecule has 0 spiro atoms. The first-order chi connectivity index (χ1) is 12.9. The Balaban J connectivity index is 2.00. The number of aryl methyl sites for hydroxylation is 1. The Morgan fingerprint density at radius 3 is 2.19 bits per heavy atom. The smallest absolute Gasteiger partial charge is 0.226 e. The SMILES string of the molecule is CCc1ccccc1NC(=O)CCN(C(C)=O)c1ccc(NC(C)=O)cc1. The molecule has 2 aromatic carbocycles. The molecule has 0 aromatic heterocycles. The molecule has 27 heavy (non-hydrogen) atoms. The van der Waals surface area contributed by atoms with Gasteiger partial charge in [0.25, 0.3) is 0 Å². The van der Waals surface area contributed by atoms with Gasteiger partial charge in [0.1, 0.15) is 0 Å². The van der Waals surface area contributed by atoms with Crippen molar-refractivity contribution in [2.45, 2.75) is 33.6 Å². The quantitative estimate of drug-likeness (QED) is 0.785. The second kappa shape index (κ2) is 9.52. The fraction of sp³-hybridized carbons (Fsp3) is 0.286. The van der Waals surface area contributed by atoms with Crippen molar-refractivity contribution in [2.75, 3.05) is 22.1 Å². The van der Waals surface area contributed by atoms with E-state index in [0.29, 0.717) is 11.4 Å². The van der Waals surface area contributed by atoms with Gasteiger partial charge < -0.3 is 15.5 Å². The zero-order chi connectivity index (χ0) is 19.8. The van der Waals surface area contributed by atoms with Crippen LogP contribution >= 0.6 is 0 Å². The number of nitrogens with one attached hydrogen (secondary N) is 2. The summed E-state index contributed by atoms with van der Waals surface area (Å²) in [5.41, 5.74) is 3.21. The van der Waals surface area contributed by atoms with Crippen LogP contribution in [0.5, 0.6) is 0 Å². The molecule has 0 atom stereocenters. The van der Waals surface area contributed by atoms with Crippen LogP contribution in [0.2, 0.25) is 0 Å². The van der Waals surface area contributed by atoms with E-state index in [1.807, 2.05) is 31.2 Å². The molecule has 0 aliphatic rings. The van der Waals surface area contributed by atoms with Gasteiger partial charge in [0, 0.05) is 43.9 Å². The molecule has 0 fully saturated rings. The van der Waals surface area contributed by atoms with Gasteiger partial charge >= 0.3 is 0 Å². The lowest BCUT2D eigenvalue weighted by Crippen LogP contribution is -2.32. The number of anilines is 3. The molecule has 0 aliphatic heterocycles. The summed E-state index contributed by atoms with van der Waals surface area (Å²) >= 11 is 0. The van der Waals surface area contributed by atoms with Crippen molar-refractivity contribution in [3.05, 3.63) is 54.1 Å². The fourth-order valence-corrected chi connectivity index (χ4v) is 2.77. The lowest BCUT2D eigenvalue weighted by Gasteiger charge is -2.21. The molecule has 0 saturated heterocycles. The van der Waals surface area contributed by atoms with Gasteiger partial charge in [0.2, 0.25) is 17.7 Å². The Bertz CT molecular complexity index is 816. The summed E-state index contributed by atoms with van der Waals surface area (Å²) in [6.45, 7) is 5.21. The molecule has 142 valence electrons. The van der Waals surface area contributed by atoms with Gasteiger partial charge in [0.05, 0.1) is 0 Å². The monoisotopic (exact) mass is 367 g/mol. The standard InChI is InChI=1S/C21H25N3O3/c1-4-17-7-5-6-8-20(17)23-21(27)13-14-24(16(3)26)19-11-9-18(10-12-19)22-15(2)25/h5-12H,4,13-14H2,1-3H3,(H,22,25)(H,23,27). The van der Waals surface area contributed by atoms with Crippen molar-refractivity contribution in [3.63, 3.8) is 0 Å². The van der Waals surface area contributed by atoms with E-state index < -0.39 is 0 Å². The third kappa shape index (κ3) is 5.95. The molecule has 0 unspecified atom stereocenters. The maximum atomic E-state index is 12.3. The molecule has 0 aliphatic carbocycles. The van der Waals surface area contributed by atoms with Crippen LogP contribution in [0.3, 0.4) is 0 Å². The summed E-state index contributed by atoms with van der Waals surface area (Å²) in [6.07, 6.45) is 1.02. The maximum absolute atomic E-state index is 12.3.